The number of nitrogens with one attached hydrogen (secondary N) is 1. The highest BCUT2D eigenvalue weighted by Gasteiger charge is 2.19. The Labute approximate surface area is 193 Å². The number of hydrogen-bond donors (Lipinski definition) is 2. The van der Waals surface area contributed by atoms with Crippen LogP contribution in [0.3, 0.4) is 0 Å². The molecule has 0 bridgehead atoms. The standard InChI is InChI=1S/C16H22O6.C9H19N/c1-4-20-13-10-15(22-6-3)14(21-5-2)9-11(13)12(17)7-8-16(18)19;1-8(2)6-5-7-9(3)10-4/h9-10H,4-8H2,1-3H3,(H,18,19);6,9-10H,5,7H2,1-4H3. The van der Waals surface area contributed by atoms with Gasteiger partial charge in [0.1, 0.15) is 5.75 Å². The molecule has 0 saturated heterocycles. The fourth-order valence-electron chi connectivity index (χ4n) is 2.69. The van der Waals surface area contributed by atoms with E-state index in [0.29, 0.717) is 48.7 Å². The Bertz CT molecular complexity index is 725. The smallest absolute Gasteiger partial charge is 0.303 e. The SMILES string of the molecule is CCOc1cc(OCC)c(C(=O)CCC(=O)O)cc1OCC.CNC(C)CCC=C(C)C. The molecule has 0 amide bonds. The maximum Gasteiger partial charge on any atom is 0.303 e. The van der Waals surface area contributed by atoms with Crippen molar-refractivity contribution in [3.8, 4) is 17.2 Å². The number of hydrogen-bond acceptors (Lipinski definition) is 6. The van der Waals surface area contributed by atoms with E-state index in [0.717, 1.165) is 0 Å². The largest absolute Gasteiger partial charge is 0.493 e. The van der Waals surface area contributed by atoms with E-state index in [2.05, 4.69) is 32.2 Å². The van der Waals surface area contributed by atoms with Crippen molar-refractivity contribution in [3.05, 3.63) is 29.3 Å². The van der Waals surface area contributed by atoms with Crippen molar-refractivity contribution in [3.63, 3.8) is 0 Å². The predicted molar refractivity (Wildman–Crippen MR) is 128 cm³/mol. The van der Waals surface area contributed by atoms with Crippen molar-refractivity contribution in [1.82, 2.24) is 5.32 Å². The topological polar surface area (TPSA) is 94.1 Å². The number of Topliss-reactive ketones (excluding diaryl/α,β-unsaturated/α-hetero) is 1. The van der Waals surface area contributed by atoms with Crippen molar-refractivity contribution >= 4 is 11.8 Å². The quantitative estimate of drug-likeness (QED) is 0.294. The number of allylic oxidation sites excluding steroid dienone is 2. The molecule has 0 heterocycles. The molecule has 0 saturated carbocycles. The van der Waals surface area contributed by atoms with E-state index in [1.54, 1.807) is 12.1 Å². The van der Waals surface area contributed by atoms with Gasteiger partial charge in [-0.2, -0.15) is 0 Å². The van der Waals surface area contributed by atoms with Crippen LogP contribution in [0.1, 0.15) is 77.6 Å². The number of carbonyl (C=O) groups is 2. The molecule has 1 aromatic carbocycles. The van der Waals surface area contributed by atoms with Crippen LogP contribution in [0, 0.1) is 0 Å². The number of aliphatic carboxylic acids is 1. The summed E-state index contributed by atoms with van der Waals surface area (Å²) < 4.78 is 16.5. The van der Waals surface area contributed by atoms with Gasteiger partial charge in [-0.15, -0.1) is 0 Å². The third kappa shape index (κ3) is 12.3. The van der Waals surface area contributed by atoms with Gasteiger partial charge in [0.25, 0.3) is 0 Å². The van der Waals surface area contributed by atoms with E-state index in [9.17, 15) is 9.59 Å². The second-order valence-electron chi connectivity index (χ2n) is 7.46. The lowest BCUT2D eigenvalue weighted by atomic mass is 10.0. The Hall–Kier alpha value is -2.54. The monoisotopic (exact) mass is 451 g/mol. The molecule has 2 N–H and O–H groups in total. The summed E-state index contributed by atoms with van der Waals surface area (Å²) in [6, 6.07) is 3.82. The third-order valence-electron chi connectivity index (χ3n) is 4.46. The third-order valence-corrected chi connectivity index (χ3v) is 4.46. The first-order chi connectivity index (χ1) is 15.2. The fraction of sp³-hybridized carbons (Fsp3) is 0.600. The minimum absolute atomic E-state index is 0.0883. The minimum atomic E-state index is -1.01. The predicted octanol–water partition coefficient (Wildman–Crippen LogP) is 5.27. The molecular weight excluding hydrogens is 410 g/mol. The van der Waals surface area contributed by atoms with Crippen molar-refractivity contribution < 1.29 is 28.9 Å². The number of ether oxygens (including phenoxy) is 3. The molecule has 0 aliphatic rings. The van der Waals surface area contributed by atoms with Gasteiger partial charge in [0.2, 0.25) is 0 Å². The molecule has 7 heteroatoms. The van der Waals surface area contributed by atoms with Gasteiger partial charge >= 0.3 is 5.97 Å². The second-order valence-corrected chi connectivity index (χ2v) is 7.46. The van der Waals surface area contributed by atoms with Gasteiger partial charge in [-0.3, -0.25) is 9.59 Å². The number of rotatable bonds is 14. The molecule has 0 aromatic heterocycles. The Morgan fingerprint density at radius 2 is 1.50 bits per heavy atom. The van der Waals surface area contributed by atoms with Crippen molar-refractivity contribution in [2.24, 2.45) is 0 Å². The maximum absolute atomic E-state index is 12.2. The van der Waals surface area contributed by atoms with Crippen LogP contribution < -0.4 is 19.5 Å². The average Bonchev–Trinajstić information content (AvgIpc) is 2.74. The molecule has 0 aliphatic heterocycles. The van der Waals surface area contributed by atoms with E-state index < -0.39 is 5.97 Å². The fourth-order valence-corrected chi connectivity index (χ4v) is 2.69. The van der Waals surface area contributed by atoms with E-state index in [4.69, 9.17) is 19.3 Å². The lowest BCUT2D eigenvalue weighted by molar-refractivity contribution is -0.136. The Kier molecular flexibility index (Phi) is 15.7. The number of ketones is 1. The van der Waals surface area contributed by atoms with Gasteiger partial charge in [-0.25, -0.2) is 0 Å². The summed E-state index contributed by atoms with van der Waals surface area (Å²) in [5, 5.41) is 11.9. The van der Waals surface area contributed by atoms with Gasteiger partial charge in [0, 0.05) is 18.5 Å². The van der Waals surface area contributed by atoms with Gasteiger partial charge in [-0.1, -0.05) is 11.6 Å². The maximum atomic E-state index is 12.2. The average molecular weight is 452 g/mol. The zero-order valence-corrected chi connectivity index (χ0v) is 20.7. The lowest BCUT2D eigenvalue weighted by Crippen LogP contribution is -2.20. The first-order valence-corrected chi connectivity index (χ1v) is 11.3. The first kappa shape index (κ1) is 29.5. The highest BCUT2D eigenvalue weighted by molar-refractivity contribution is 6.00. The lowest BCUT2D eigenvalue weighted by Gasteiger charge is -2.16. The highest BCUT2D eigenvalue weighted by atomic mass is 16.5. The summed E-state index contributed by atoms with van der Waals surface area (Å²) in [6.45, 7) is 13.3. The number of carbonyl (C=O) groups excluding carboxylic acids is 1. The van der Waals surface area contributed by atoms with E-state index in [1.165, 1.54) is 18.4 Å². The van der Waals surface area contributed by atoms with E-state index in [-0.39, 0.29) is 18.6 Å². The molecule has 1 rings (SSSR count). The molecule has 1 atom stereocenters. The summed E-state index contributed by atoms with van der Waals surface area (Å²) in [5.41, 5.74) is 1.73. The molecular formula is C25H41NO6. The molecule has 182 valence electrons. The highest BCUT2D eigenvalue weighted by Crippen LogP contribution is 2.36. The van der Waals surface area contributed by atoms with Crippen LogP contribution in [0.15, 0.2) is 23.8 Å². The van der Waals surface area contributed by atoms with Crippen molar-refractivity contribution in [2.75, 3.05) is 26.9 Å². The summed E-state index contributed by atoms with van der Waals surface area (Å²) in [5.74, 6) is 0.0241. The van der Waals surface area contributed by atoms with E-state index >= 15 is 0 Å². The van der Waals surface area contributed by atoms with Crippen LogP contribution in [0.2, 0.25) is 0 Å². The van der Waals surface area contributed by atoms with Crippen LogP contribution in [-0.4, -0.2) is 49.8 Å². The molecule has 1 aromatic rings. The summed E-state index contributed by atoms with van der Waals surface area (Å²) in [4.78, 5) is 22.9. The zero-order chi connectivity index (χ0) is 24.5. The number of benzene rings is 1. The summed E-state index contributed by atoms with van der Waals surface area (Å²) in [7, 11) is 2.01. The summed E-state index contributed by atoms with van der Waals surface area (Å²) >= 11 is 0. The molecule has 32 heavy (non-hydrogen) atoms. The molecule has 0 aliphatic carbocycles. The van der Waals surface area contributed by atoms with Gasteiger partial charge in [0.15, 0.2) is 17.3 Å². The van der Waals surface area contributed by atoms with Gasteiger partial charge < -0.3 is 24.6 Å². The molecule has 7 nitrogen and oxygen atoms in total. The van der Waals surface area contributed by atoms with E-state index in [1.807, 2.05) is 27.8 Å². The molecule has 0 fully saturated rings. The Morgan fingerprint density at radius 1 is 0.969 bits per heavy atom. The Morgan fingerprint density at radius 3 is 1.97 bits per heavy atom. The zero-order valence-electron chi connectivity index (χ0n) is 20.7. The van der Waals surface area contributed by atoms with Gasteiger partial charge in [0.05, 0.1) is 31.8 Å². The first-order valence-electron chi connectivity index (χ1n) is 11.3. The van der Waals surface area contributed by atoms with Gasteiger partial charge in [-0.05, 0) is 67.5 Å². The molecule has 1 unspecified atom stereocenters. The van der Waals surface area contributed by atoms with Crippen molar-refractivity contribution in [2.45, 2.75) is 73.3 Å². The number of carboxylic acids is 1. The van der Waals surface area contributed by atoms with Crippen molar-refractivity contribution in [1.29, 1.82) is 0 Å². The normalized spacial score (nSPS) is 11.0. The Balaban J connectivity index is 0.000000809. The van der Waals surface area contributed by atoms with Crippen LogP contribution in [-0.2, 0) is 4.79 Å². The second kappa shape index (κ2) is 17.1. The minimum Gasteiger partial charge on any atom is -0.493 e. The number of carboxylic acid groups (broad SMARTS) is 1. The van der Waals surface area contributed by atoms with Crippen LogP contribution in [0.5, 0.6) is 17.2 Å². The van der Waals surface area contributed by atoms with Crippen LogP contribution >= 0.6 is 0 Å². The van der Waals surface area contributed by atoms with Crippen LogP contribution in [0.4, 0.5) is 0 Å². The molecule has 0 radical (unpaired) electrons. The van der Waals surface area contributed by atoms with Crippen LogP contribution in [0.25, 0.3) is 0 Å². The summed E-state index contributed by atoms with van der Waals surface area (Å²) in [6.07, 6.45) is 4.41. The molecule has 0 spiro atoms.